The van der Waals surface area contributed by atoms with E-state index in [9.17, 15) is 14.4 Å². The quantitative estimate of drug-likeness (QED) is 0.378. The van der Waals surface area contributed by atoms with Crippen molar-refractivity contribution in [1.82, 2.24) is 9.99 Å². The summed E-state index contributed by atoms with van der Waals surface area (Å²) >= 11 is 0. The van der Waals surface area contributed by atoms with Crippen LogP contribution in [-0.4, -0.2) is 32.7 Å². The average molecular weight is 494 g/mol. The fourth-order valence-electron chi connectivity index (χ4n) is 4.85. The Bertz CT molecular complexity index is 1590. The smallest absolute Gasteiger partial charge is 0.303 e. The maximum absolute atomic E-state index is 13.6. The molecule has 1 aromatic heterocycles. The maximum Gasteiger partial charge on any atom is 0.303 e. The van der Waals surface area contributed by atoms with Crippen molar-refractivity contribution >= 4 is 28.5 Å². The third kappa shape index (κ3) is 4.80. The van der Waals surface area contributed by atoms with Crippen molar-refractivity contribution < 1.29 is 14.7 Å². The molecule has 0 radical (unpaired) electrons. The second-order valence-corrected chi connectivity index (χ2v) is 9.43. The van der Waals surface area contributed by atoms with Crippen LogP contribution in [0.4, 0.5) is 0 Å². The molecule has 1 atom stereocenters. The Morgan fingerprint density at radius 3 is 2.35 bits per heavy atom. The number of aryl methyl sites for hydroxylation is 2. The summed E-state index contributed by atoms with van der Waals surface area (Å²) in [6, 6.07) is 23.0. The SMILES string of the molecule is Cc1ccc(C2CC(c3c(-c4ccccc4)c4cc(C)ccc4[nH]c3=O)=NN2C(=O)CCC(=O)O)cc1. The van der Waals surface area contributed by atoms with Crippen molar-refractivity contribution in [3.05, 3.63) is 105 Å². The van der Waals surface area contributed by atoms with E-state index in [-0.39, 0.29) is 18.4 Å². The lowest BCUT2D eigenvalue weighted by molar-refractivity contribution is -0.141. The molecule has 5 rings (SSSR count). The van der Waals surface area contributed by atoms with Gasteiger partial charge in [0.2, 0.25) is 5.91 Å². The number of carbonyl (C=O) groups is 2. The number of aromatic nitrogens is 1. The van der Waals surface area contributed by atoms with Crippen LogP contribution in [0.2, 0.25) is 0 Å². The molecule has 186 valence electrons. The zero-order valence-electron chi connectivity index (χ0n) is 20.7. The number of amides is 1. The number of aliphatic carboxylic acids is 1. The van der Waals surface area contributed by atoms with Crippen LogP contribution >= 0.6 is 0 Å². The number of carboxylic acid groups (broad SMARTS) is 1. The molecule has 0 saturated heterocycles. The van der Waals surface area contributed by atoms with Crippen LogP contribution in [0.1, 0.15) is 47.6 Å². The van der Waals surface area contributed by atoms with Gasteiger partial charge in [-0.25, -0.2) is 5.01 Å². The monoisotopic (exact) mass is 493 g/mol. The zero-order valence-corrected chi connectivity index (χ0v) is 20.7. The highest BCUT2D eigenvalue weighted by Gasteiger charge is 2.35. The van der Waals surface area contributed by atoms with Gasteiger partial charge in [0.05, 0.1) is 23.7 Å². The van der Waals surface area contributed by atoms with Gasteiger partial charge in [-0.1, -0.05) is 71.8 Å². The van der Waals surface area contributed by atoms with Gasteiger partial charge in [-0.2, -0.15) is 5.10 Å². The number of fused-ring (bicyclic) bond motifs is 1. The van der Waals surface area contributed by atoms with Gasteiger partial charge in [-0.3, -0.25) is 14.4 Å². The number of hydrazone groups is 1. The van der Waals surface area contributed by atoms with E-state index in [1.165, 1.54) is 5.01 Å². The normalized spacial score (nSPS) is 15.1. The maximum atomic E-state index is 13.6. The zero-order chi connectivity index (χ0) is 26.1. The van der Waals surface area contributed by atoms with Gasteiger partial charge in [0.1, 0.15) is 0 Å². The molecular weight excluding hydrogens is 466 g/mol. The number of hydrogen-bond donors (Lipinski definition) is 2. The Labute approximate surface area is 214 Å². The van der Waals surface area contributed by atoms with Crippen LogP contribution in [0.3, 0.4) is 0 Å². The lowest BCUT2D eigenvalue weighted by atomic mass is 9.90. The molecule has 7 nitrogen and oxygen atoms in total. The summed E-state index contributed by atoms with van der Waals surface area (Å²) in [7, 11) is 0. The third-order valence-corrected chi connectivity index (χ3v) is 6.70. The van der Waals surface area contributed by atoms with Gasteiger partial charge in [-0.15, -0.1) is 0 Å². The van der Waals surface area contributed by atoms with E-state index in [1.54, 1.807) is 0 Å². The number of nitrogens with zero attached hydrogens (tertiary/aromatic N) is 2. The molecule has 0 aliphatic carbocycles. The molecular formula is C30H27N3O4. The molecule has 0 spiro atoms. The van der Waals surface area contributed by atoms with E-state index >= 15 is 0 Å². The van der Waals surface area contributed by atoms with Crippen molar-refractivity contribution in [2.75, 3.05) is 0 Å². The van der Waals surface area contributed by atoms with Crippen LogP contribution < -0.4 is 5.56 Å². The van der Waals surface area contributed by atoms with Crippen LogP contribution in [-0.2, 0) is 9.59 Å². The highest BCUT2D eigenvalue weighted by atomic mass is 16.4. The van der Waals surface area contributed by atoms with E-state index in [0.29, 0.717) is 17.7 Å². The Morgan fingerprint density at radius 1 is 0.946 bits per heavy atom. The molecule has 0 fully saturated rings. The van der Waals surface area contributed by atoms with Gasteiger partial charge in [0.15, 0.2) is 0 Å². The van der Waals surface area contributed by atoms with Crippen LogP contribution in [0.5, 0.6) is 0 Å². The fourth-order valence-corrected chi connectivity index (χ4v) is 4.85. The molecule has 4 aromatic rings. The Balaban J connectivity index is 1.69. The summed E-state index contributed by atoms with van der Waals surface area (Å²) in [5, 5.41) is 16.1. The number of nitrogens with one attached hydrogen (secondary N) is 1. The number of carbonyl (C=O) groups excluding carboxylic acids is 1. The highest BCUT2D eigenvalue weighted by molar-refractivity contribution is 6.13. The summed E-state index contributed by atoms with van der Waals surface area (Å²) in [6.07, 6.45) is -0.124. The Morgan fingerprint density at radius 2 is 1.65 bits per heavy atom. The lowest BCUT2D eigenvalue weighted by Gasteiger charge is -2.22. The van der Waals surface area contributed by atoms with E-state index in [4.69, 9.17) is 5.11 Å². The number of carboxylic acids is 1. The van der Waals surface area contributed by atoms with E-state index in [2.05, 4.69) is 10.1 Å². The standard InChI is InChI=1S/C30H27N3O4/c1-18-8-11-20(12-9-18)25-17-24(32-33(25)26(34)14-15-27(35)36)29-28(21-6-4-3-5-7-21)22-16-19(2)10-13-23(22)31-30(29)37/h3-13,16,25H,14-15,17H2,1-2H3,(H,31,37)(H,35,36). The van der Waals surface area contributed by atoms with Crippen molar-refractivity contribution in [2.45, 2.75) is 39.2 Å². The van der Waals surface area contributed by atoms with Crippen molar-refractivity contribution in [1.29, 1.82) is 0 Å². The summed E-state index contributed by atoms with van der Waals surface area (Å²) in [5.41, 5.74) is 6.03. The van der Waals surface area contributed by atoms with Gasteiger partial charge >= 0.3 is 5.97 Å². The topological polar surface area (TPSA) is 103 Å². The molecule has 1 aliphatic heterocycles. The minimum atomic E-state index is -1.05. The molecule has 37 heavy (non-hydrogen) atoms. The third-order valence-electron chi connectivity index (χ3n) is 6.70. The number of pyridine rings is 1. The largest absolute Gasteiger partial charge is 0.481 e. The van der Waals surface area contributed by atoms with Crippen molar-refractivity contribution in [3.8, 4) is 11.1 Å². The predicted octanol–water partition coefficient (Wildman–Crippen LogP) is 5.35. The molecule has 1 amide bonds. The van der Waals surface area contributed by atoms with Crippen LogP contribution in [0.25, 0.3) is 22.0 Å². The first kappa shape index (κ1) is 24.2. The van der Waals surface area contributed by atoms with E-state index in [0.717, 1.165) is 38.7 Å². The summed E-state index contributed by atoms with van der Waals surface area (Å²) in [4.78, 5) is 40.8. The number of aromatic amines is 1. The van der Waals surface area contributed by atoms with Gasteiger partial charge in [0.25, 0.3) is 5.56 Å². The minimum Gasteiger partial charge on any atom is -0.481 e. The lowest BCUT2D eigenvalue weighted by Crippen LogP contribution is -2.27. The number of benzene rings is 3. The molecule has 2 heterocycles. The first-order chi connectivity index (χ1) is 17.8. The summed E-state index contributed by atoms with van der Waals surface area (Å²) in [6.45, 7) is 3.99. The van der Waals surface area contributed by atoms with Gasteiger partial charge in [0, 0.05) is 29.3 Å². The van der Waals surface area contributed by atoms with Crippen molar-refractivity contribution in [2.24, 2.45) is 5.10 Å². The summed E-state index contributed by atoms with van der Waals surface area (Å²) < 4.78 is 0. The number of H-pyrrole nitrogens is 1. The molecule has 1 aliphatic rings. The molecule has 7 heteroatoms. The fraction of sp³-hybridized carbons (Fsp3) is 0.200. The van der Waals surface area contributed by atoms with Gasteiger partial charge in [-0.05, 0) is 37.1 Å². The second kappa shape index (κ2) is 9.85. The number of rotatable bonds is 6. The first-order valence-electron chi connectivity index (χ1n) is 12.2. The molecule has 3 aromatic carbocycles. The van der Waals surface area contributed by atoms with Crippen LogP contribution in [0, 0.1) is 13.8 Å². The molecule has 0 bridgehead atoms. The number of hydrogen-bond acceptors (Lipinski definition) is 4. The average Bonchev–Trinajstić information content (AvgIpc) is 3.32. The van der Waals surface area contributed by atoms with E-state index in [1.807, 2.05) is 86.6 Å². The molecule has 1 unspecified atom stereocenters. The molecule has 0 saturated carbocycles. The first-order valence-corrected chi connectivity index (χ1v) is 12.2. The van der Waals surface area contributed by atoms with Gasteiger partial charge < -0.3 is 10.1 Å². The molecule has 2 N–H and O–H groups in total. The Kier molecular flexibility index (Phi) is 6.44. The Hall–Kier alpha value is -4.52. The minimum absolute atomic E-state index is 0.173. The highest BCUT2D eigenvalue weighted by Crippen LogP contribution is 2.37. The van der Waals surface area contributed by atoms with E-state index < -0.39 is 17.9 Å². The van der Waals surface area contributed by atoms with Crippen LogP contribution in [0.15, 0.2) is 82.7 Å². The van der Waals surface area contributed by atoms with Crippen molar-refractivity contribution in [3.63, 3.8) is 0 Å². The second-order valence-electron chi connectivity index (χ2n) is 9.43. The predicted molar refractivity (Wildman–Crippen MR) is 144 cm³/mol. The summed E-state index contributed by atoms with van der Waals surface area (Å²) in [5.74, 6) is -1.44.